The summed E-state index contributed by atoms with van der Waals surface area (Å²) in [4.78, 5) is 7.26. The first-order valence-electron chi connectivity index (χ1n) is 24.7. The molecule has 4 nitrogen and oxygen atoms in total. The van der Waals surface area contributed by atoms with Crippen molar-refractivity contribution in [2.24, 2.45) is 0 Å². The van der Waals surface area contributed by atoms with Gasteiger partial charge in [-0.1, -0.05) is 169 Å². The van der Waals surface area contributed by atoms with Crippen LogP contribution in [0.4, 0.5) is 34.1 Å². The normalized spacial score (nSPS) is 12.1. The Labute approximate surface area is 425 Å². The quantitative estimate of drug-likeness (QED) is 0.142. The van der Waals surface area contributed by atoms with E-state index in [2.05, 4.69) is 240 Å². The molecule has 0 amide bonds. The predicted molar refractivity (Wildman–Crippen MR) is 306 cm³/mol. The van der Waals surface area contributed by atoms with Gasteiger partial charge in [-0.3, -0.25) is 0 Å². The van der Waals surface area contributed by atoms with E-state index in [0.29, 0.717) is 0 Å². The summed E-state index contributed by atoms with van der Waals surface area (Å²) in [6.07, 6.45) is 0. The van der Waals surface area contributed by atoms with Gasteiger partial charge in [0.25, 0.3) is 0 Å². The Hall–Kier alpha value is -9.29. The highest BCUT2D eigenvalue weighted by molar-refractivity contribution is 7.99. The van der Waals surface area contributed by atoms with Crippen molar-refractivity contribution in [3.8, 4) is 33.4 Å². The minimum Gasteiger partial charge on any atom is -0.456 e. The van der Waals surface area contributed by atoms with E-state index >= 15 is 0 Å². The molecule has 2 aromatic heterocycles. The molecule has 1 aliphatic rings. The van der Waals surface area contributed by atoms with Crippen molar-refractivity contribution in [1.82, 2.24) is 0 Å². The Morgan fingerprint density at radius 2 is 0.781 bits per heavy atom. The molecule has 5 heteroatoms. The number of benzene rings is 12. The predicted octanol–water partition coefficient (Wildman–Crippen LogP) is 20.2. The summed E-state index contributed by atoms with van der Waals surface area (Å²) in [6.45, 7) is 0. The molecule has 0 aliphatic carbocycles. The summed E-state index contributed by atoms with van der Waals surface area (Å²) in [7, 11) is 0. The number of para-hydroxylation sites is 4. The van der Waals surface area contributed by atoms with Gasteiger partial charge >= 0.3 is 0 Å². The SMILES string of the molecule is c1ccc(-c2ccccc2N(c2ccc3c(c2)Sc2cccc4c2c-3cc2ccc(N(c3ccc5oc6ccccc6c5c3)c3ccccc3-c3ccccc3)cc24)c2ccc3c(c2)oc2ccccc23)cc1. The number of rotatable bonds is 8. The second-order valence-corrected chi connectivity index (χ2v) is 19.9. The third-order valence-electron chi connectivity index (χ3n) is 14.6. The molecule has 0 fully saturated rings. The van der Waals surface area contributed by atoms with Crippen molar-refractivity contribution >= 4 is 111 Å². The van der Waals surface area contributed by atoms with E-state index < -0.39 is 0 Å². The number of fused-ring (bicyclic) bond motifs is 10. The lowest BCUT2D eigenvalue weighted by atomic mass is 9.92. The lowest BCUT2D eigenvalue weighted by molar-refractivity contribution is 0.668. The zero-order valence-electron chi connectivity index (χ0n) is 39.4. The van der Waals surface area contributed by atoms with Gasteiger partial charge in [-0.2, -0.15) is 0 Å². The van der Waals surface area contributed by atoms with Crippen molar-refractivity contribution in [3.63, 3.8) is 0 Å². The third-order valence-corrected chi connectivity index (χ3v) is 15.7. The van der Waals surface area contributed by atoms with Crippen LogP contribution in [0.15, 0.2) is 273 Å². The van der Waals surface area contributed by atoms with Gasteiger partial charge in [0.1, 0.15) is 22.3 Å². The zero-order valence-corrected chi connectivity index (χ0v) is 40.2. The fourth-order valence-corrected chi connectivity index (χ4v) is 12.5. The second kappa shape index (κ2) is 16.7. The van der Waals surface area contributed by atoms with Gasteiger partial charge in [0.2, 0.25) is 0 Å². The summed E-state index contributed by atoms with van der Waals surface area (Å²) >= 11 is 1.85. The lowest BCUT2D eigenvalue weighted by Crippen LogP contribution is -2.11. The maximum Gasteiger partial charge on any atom is 0.137 e. The highest BCUT2D eigenvalue weighted by atomic mass is 32.2. The van der Waals surface area contributed by atoms with E-state index in [-0.39, 0.29) is 0 Å². The number of anilines is 6. The molecular formula is C68H42N2O2S. The molecule has 0 spiro atoms. The Morgan fingerprint density at radius 1 is 0.274 bits per heavy atom. The average Bonchev–Trinajstić information content (AvgIpc) is 4.02. The van der Waals surface area contributed by atoms with Crippen LogP contribution in [0.1, 0.15) is 0 Å². The first-order valence-corrected chi connectivity index (χ1v) is 25.5. The number of nitrogens with zero attached hydrogens (tertiary/aromatic N) is 2. The molecule has 73 heavy (non-hydrogen) atoms. The molecule has 1 aliphatic heterocycles. The summed E-state index contributed by atoms with van der Waals surface area (Å²) in [5.41, 5.74) is 17.0. The standard InChI is InChI=1S/C68H42N2O2S/c1-3-16-43(17-4-1)50-20-7-11-25-60(50)69(47-34-37-64-58(40-47)53-23-10-14-28-63(53)71-64)46-31-30-45-38-59-55-36-33-49(42-67(55)73-66-29-15-24-56(68(59)66)57(45)39-46)70(61-26-12-8-21-51(61)44-18-5-2-6-19-44)48-32-35-54-52-22-9-13-27-62(52)72-65(54)41-48/h1-42H. The first-order chi connectivity index (χ1) is 36.2. The monoisotopic (exact) mass is 950 g/mol. The third kappa shape index (κ3) is 6.77. The van der Waals surface area contributed by atoms with Gasteiger partial charge in [-0.15, -0.1) is 0 Å². The second-order valence-electron chi connectivity index (χ2n) is 18.8. The molecule has 342 valence electrons. The topological polar surface area (TPSA) is 32.8 Å². The van der Waals surface area contributed by atoms with E-state index in [1.165, 1.54) is 42.5 Å². The molecule has 0 N–H and O–H groups in total. The van der Waals surface area contributed by atoms with Gasteiger partial charge in [-0.25, -0.2) is 0 Å². The van der Waals surface area contributed by atoms with Gasteiger partial charge in [-0.05, 0) is 129 Å². The molecule has 15 rings (SSSR count). The molecule has 0 unspecified atom stereocenters. The van der Waals surface area contributed by atoms with Gasteiger partial charge in [0.15, 0.2) is 0 Å². The van der Waals surface area contributed by atoms with Crippen LogP contribution in [-0.4, -0.2) is 0 Å². The number of furan rings is 2. The average molecular weight is 951 g/mol. The Bertz CT molecular complexity index is 4500. The van der Waals surface area contributed by atoms with Crippen molar-refractivity contribution in [2.75, 3.05) is 9.80 Å². The fourth-order valence-electron chi connectivity index (χ4n) is 11.3. The maximum absolute atomic E-state index is 6.51. The smallest absolute Gasteiger partial charge is 0.137 e. The van der Waals surface area contributed by atoms with Crippen molar-refractivity contribution in [3.05, 3.63) is 255 Å². The fraction of sp³-hybridized carbons (Fsp3) is 0. The van der Waals surface area contributed by atoms with E-state index in [9.17, 15) is 0 Å². The van der Waals surface area contributed by atoms with E-state index in [4.69, 9.17) is 8.83 Å². The van der Waals surface area contributed by atoms with Crippen molar-refractivity contribution in [1.29, 1.82) is 0 Å². The van der Waals surface area contributed by atoms with Crippen LogP contribution in [0.25, 0.3) is 98.8 Å². The van der Waals surface area contributed by atoms with Crippen molar-refractivity contribution in [2.45, 2.75) is 9.79 Å². The van der Waals surface area contributed by atoms with Crippen LogP contribution in [0.5, 0.6) is 0 Å². The van der Waals surface area contributed by atoms with Crippen LogP contribution >= 0.6 is 11.8 Å². The highest BCUT2D eigenvalue weighted by Crippen LogP contribution is 2.53. The van der Waals surface area contributed by atoms with Crippen molar-refractivity contribution < 1.29 is 8.83 Å². The maximum atomic E-state index is 6.51. The van der Waals surface area contributed by atoms with Crippen LogP contribution in [0, 0.1) is 0 Å². The van der Waals surface area contributed by atoms with Crippen LogP contribution in [0.2, 0.25) is 0 Å². The molecule has 0 atom stereocenters. The molecule has 14 aromatic rings. The molecule has 12 aromatic carbocycles. The van der Waals surface area contributed by atoms with Gasteiger partial charge in [0.05, 0.1) is 11.4 Å². The molecule has 0 saturated carbocycles. The van der Waals surface area contributed by atoms with E-state index in [1.807, 2.05) is 36.0 Å². The van der Waals surface area contributed by atoms with Crippen LogP contribution < -0.4 is 9.80 Å². The minimum atomic E-state index is 0.861. The molecular weight excluding hydrogens is 909 g/mol. The Kier molecular flexibility index (Phi) is 9.47. The minimum absolute atomic E-state index is 0.861. The first kappa shape index (κ1) is 41.5. The van der Waals surface area contributed by atoms with E-state index in [0.717, 1.165) is 100 Å². The largest absolute Gasteiger partial charge is 0.456 e. The highest BCUT2D eigenvalue weighted by Gasteiger charge is 2.26. The van der Waals surface area contributed by atoms with Gasteiger partial charge in [0, 0.05) is 76.7 Å². The lowest BCUT2D eigenvalue weighted by Gasteiger charge is -2.30. The number of hydrogen-bond acceptors (Lipinski definition) is 5. The van der Waals surface area contributed by atoms with Gasteiger partial charge < -0.3 is 18.6 Å². The van der Waals surface area contributed by atoms with Crippen LogP contribution in [0.3, 0.4) is 0 Å². The zero-order chi connectivity index (χ0) is 48.0. The number of hydrogen-bond donors (Lipinski definition) is 0. The summed E-state index contributed by atoms with van der Waals surface area (Å²) < 4.78 is 12.8. The summed E-state index contributed by atoms with van der Waals surface area (Å²) in [6, 6.07) is 91.8. The molecule has 0 saturated heterocycles. The van der Waals surface area contributed by atoms with Crippen LogP contribution in [-0.2, 0) is 0 Å². The molecule has 0 bridgehead atoms. The van der Waals surface area contributed by atoms with E-state index in [1.54, 1.807) is 0 Å². The Balaban J connectivity index is 0.889. The summed E-state index contributed by atoms with van der Waals surface area (Å²) in [5, 5.41) is 9.33. The molecule has 3 heterocycles. The Morgan fingerprint density at radius 3 is 1.49 bits per heavy atom. The summed E-state index contributed by atoms with van der Waals surface area (Å²) in [5.74, 6) is 0. The molecule has 0 radical (unpaired) electrons.